The Kier molecular flexibility index (Phi) is 5.16. The van der Waals surface area contributed by atoms with Gasteiger partial charge in [0.2, 0.25) is 0 Å². The minimum absolute atomic E-state index is 0.246. The first-order valence-corrected chi connectivity index (χ1v) is 5.72. The van der Waals surface area contributed by atoms with Crippen LogP contribution in [0.1, 0.15) is 25.3 Å². The summed E-state index contributed by atoms with van der Waals surface area (Å²) in [5, 5.41) is 1.34. The Morgan fingerprint density at radius 1 is 1.40 bits per heavy atom. The molecule has 3 heteroatoms. The molecule has 82 valence electrons. The van der Waals surface area contributed by atoms with Crippen molar-refractivity contribution >= 4 is 29.3 Å². The molecule has 2 N–H and O–H groups in total. The fraction of sp³-hybridized carbons (Fsp3) is 0.333. The van der Waals surface area contributed by atoms with Gasteiger partial charge in [-0.05, 0) is 37.5 Å². The molecule has 0 aliphatic rings. The Hall–Kier alpha value is -0.500. The monoisotopic (exact) mass is 243 g/mol. The van der Waals surface area contributed by atoms with Crippen LogP contribution in [-0.2, 0) is 0 Å². The smallest absolute Gasteiger partial charge is 0.0493 e. The lowest BCUT2D eigenvalue weighted by atomic mass is 10.1. The van der Waals surface area contributed by atoms with E-state index < -0.39 is 0 Å². The van der Waals surface area contributed by atoms with Crippen LogP contribution in [0, 0.1) is 0 Å². The standard InChI is InChI=1S/C12H15Cl2N/c1-9(15)4-2-3-5-10-6-7-11(13)8-12(10)14/h3,5-9H,2,4,15H2,1H3/b5-3+. The Labute approximate surface area is 101 Å². The maximum atomic E-state index is 6.01. The van der Waals surface area contributed by atoms with Gasteiger partial charge in [-0.25, -0.2) is 0 Å². The highest BCUT2D eigenvalue weighted by Crippen LogP contribution is 2.22. The number of hydrogen-bond acceptors (Lipinski definition) is 1. The summed E-state index contributed by atoms with van der Waals surface area (Å²) in [4.78, 5) is 0. The van der Waals surface area contributed by atoms with Crippen molar-refractivity contribution in [1.82, 2.24) is 0 Å². The van der Waals surface area contributed by atoms with Gasteiger partial charge in [0.1, 0.15) is 0 Å². The molecule has 0 heterocycles. The van der Waals surface area contributed by atoms with Crippen LogP contribution in [0.3, 0.4) is 0 Å². The molecule has 0 aliphatic heterocycles. The van der Waals surface area contributed by atoms with Crippen LogP contribution in [0.25, 0.3) is 6.08 Å². The van der Waals surface area contributed by atoms with Crippen LogP contribution in [0.5, 0.6) is 0 Å². The summed E-state index contributed by atoms with van der Waals surface area (Å²) >= 11 is 11.8. The molecular formula is C12H15Cl2N. The molecule has 0 radical (unpaired) electrons. The Morgan fingerprint density at radius 2 is 2.13 bits per heavy atom. The van der Waals surface area contributed by atoms with Crippen LogP contribution < -0.4 is 5.73 Å². The van der Waals surface area contributed by atoms with Gasteiger partial charge < -0.3 is 5.73 Å². The predicted molar refractivity (Wildman–Crippen MR) is 68.4 cm³/mol. The fourth-order valence-electron chi connectivity index (χ4n) is 1.21. The van der Waals surface area contributed by atoms with Crippen molar-refractivity contribution < 1.29 is 0 Å². The molecule has 0 amide bonds. The average molecular weight is 244 g/mol. The lowest BCUT2D eigenvalue weighted by Crippen LogP contribution is -2.13. The van der Waals surface area contributed by atoms with E-state index in [1.807, 2.05) is 25.1 Å². The van der Waals surface area contributed by atoms with Crippen LogP contribution in [0.2, 0.25) is 10.0 Å². The van der Waals surface area contributed by atoms with Crippen molar-refractivity contribution in [2.75, 3.05) is 0 Å². The van der Waals surface area contributed by atoms with Gasteiger partial charge in [0.25, 0.3) is 0 Å². The second-order valence-electron chi connectivity index (χ2n) is 3.62. The van der Waals surface area contributed by atoms with E-state index in [-0.39, 0.29) is 6.04 Å². The molecule has 0 spiro atoms. The summed E-state index contributed by atoms with van der Waals surface area (Å²) in [6.45, 7) is 2.00. The van der Waals surface area contributed by atoms with Crippen molar-refractivity contribution in [2.45, 2.75) is 25.8 Å². The zero-order chi connectivity index (χ0) is 11.3. The lowest BCUT2D eigenvalue weighted by Gasteiger charge is -2.01. The lowest BCUT2D eigenvalue weighted by molar-refractivity contribution is 0.677. The van der Waals surface area contributed by atoms with Gasteiger partial charge in [-0.15, -0.1) is 0 Å². The first-order valence-electron chi connectivity index (χ1n) is 4.97. The first kappa shape index (κ1) is 12.6. The molecule has 0 bridgehead atoms. The van der Waals surface area contributed by atoms with Gasteiger partial charge in [0.15, 0.2) is 0 Å². The first-order chi connectivity index (χ1) is 7.09. The van der Waals surface area contributed by atoms with Gasteiger partial charge in [-0.1, -0.05) is 41.4 Å². The van der Waals surface area contributed by atoms with Gasteiger partial charge in [-0.2, -0.15) is 0 Å². The number of rotatable bonds is 4. The summed E-state index contributed by atoms with van der Waals surface area (Å²) in [6.07, 6.45) is 6.04. The maximum absolute atomic E-state index is 6.01. The number of hydrogen-bond donors (Lipinski definition) is 1. The fourth-order valence-corrected chi connectivity index (χ4v) is 1.68. The molecule has 1 aromatic rings. The van der Waals surface area contributed by atoms with E-state index in [1.165, 1.54) is 0 Å². The third kappa shape index (κ3) is 4.70. The van der Waals surface area contributed by atoms with Crippen LogP contribution in [-0.4, -0.2) is 6.04 Å². The molecule has 1 unspecified atom stereocenters. The van der Waals surface area contributed by atoms with E-state index in [1.54, 1.807) is 6.07 Å². The minimum Gasteiger partial charge on any atom is -0.328 e. The summed E-state index contributed by atoms with van der Waals surface area (Å²) in [6, 6.07) is 5.73. The van der Waals surface area contributed by atoms with Gasteiger partial charge in [0, 0.05) is 16.1 Å². The number of halogens is 2. The van der Waals surface area contributed by atoms with Crippen molar-refractivity contribution in [2.24, 2.45) is 5.73 Å². The van der Waals surface area contributed by atoms with E-state index in [4.69, 9.17) is 28.9 Å². The van der Waals surface area contributed by atoms with Crippen molar-refractivity contribution in [3.63, 3.8) is 0 Å². The maximum Gasteiger partial charge on any atom is 0.0493 e. The normalized spacial score (nSPS) is 13.3. The minimum atomic E-state index is 0.246. The highest BCUT2D eigenvalue weighted by atomic mass is 35.5. The second kappa shape index (κ2) is 6.16. The largest absolute Gasteiger partial charge is 0.328 e. The summed E-state index contributed by atoms with van der Waals surface area (Å²) in [5.41, 5.74) is 6.64. The van der Waals surface area contributed by atoms with Gasteiger partial charge >= 0.3 is 0 Å². The van der Waals surface area contributed by atoms with Crippen molar-refractivity contribution in [3.8, 4) is 0 Å². The molecular weight excluding hydrogens is 229 g/mol. The number of allylic oxidation sites excluding steroid dienone is 1. The van der Waals surface area contributed by atoms with Crippen molar-refractivity contribution in [1.29, 1.82) is 0 Å². The molecule has 1 rings (SSSR count). The van der Waals surface area contributed by atoms with E-state index in [0.717, 1.165) is 18.4 Å². The molecule has 1 nitrogen and oxygen atoms in total. The Morgan fingerprint density at radius 3 is 2.73 bits per heavy atom. The molecule has 0 saturated heterocycles. The topological polar surface area (TPSA) is 26.0 Å². The molecule has 1 atom stereocenters. The van der Waals surface area contributed by atoms with E-state index in [9.17, 15) is 0 Å². The average Bonchev–Trinajstić information content (AvgIpc) is 2.14. The summed E-state index contributed by atoms with van der Waals surface area (Å²) in [5.74, 6) is 0. The molecule has 15 heavy (non-hydrogen) atoms. The Bertz CT molecular complexity index is 345. The third-order valence-corrected chi connectivity index (χ3v) is 2.61. The summed E-state index contributed by atoms with van der Waals surface area (Å²) in [7, 11) is 0. The second-order valence-corrected chi connectivity index (χ2v) is 4.47. The summed E-state index contributed by atoms with van der Waals surface area (Å²) < 4.78 is 0. The van der Waals surface area contributed by atoms with Crippen LogP contribution in [0.15, 0.2) is 24.3 Å². The van der Waals surface area contributed by atoms with Crippen LogP contribution in [0.4, 0.5) is 0 Å². The van der Waals surface area contributed by atoms with Crippen LogP contribution >= 0.6 is 23.2 Å². The predicted octanol–water partition coefficient (Wildman–Crippen LogP) is 4.13. The Balaban J connectivity index is 2.57. The van der Waals surface area contributed by atoms with Gasteiger partial charge in [0.05, 0.1) is 0 Å². The SMILES string of the molecule is CC(N)CC/C=C/c1ccc(Cl)cc1Cl. The zero-order valence-electron chi connectivity index (χ0n) is 8.71. The van der Waals surface area contributed by atoms with E-state index in [2.05, 4.69) is 6.08 Å². The quantitative estimate of drug-likeness (QED) is 0.846. The molecule has 1 aromatic carbocycles. The van der Waals surface area contributed by atoms with E-state index in [0.29, 0.717) is 10.0 Å². The molecule has 0 aliphatic carbocycles. The molecule has 0 aromatic heterocycles. The molecule has 0 saturated carbocycles. The zero-order valence-corrected chi connectivity index (χ0v) is 10.2. The number of nitrogens with two attached hydrogens (primary N) is 1. The van der Waals surface area contributed by atoms with Gasteiger partial charge in [-0.3, -0.25) is 0 Å². The van der Waals surface area contributed by atoms with E-state index >= 15 is 0 Å². The highest BCUT2D eigenvalue weighted by molar-refractivity contribution is 6.35. The molecule has 0 fully saturated rings. The third-order valence-electron chi connectivity index (χ3n) is 2.05. The highest BCUT2D eigenvalue weighted by Gasteiger charge is 1.97. The number of benzene rings is 1. The van der Waals surface area contributed by atoms with Crippen molar-refractivity contribution in [3.05, 3.63) is 39.9 Å².